The van der Waals surface area contributed by atoms with E-state index in [9.17, 15) is 4.79 Å². The first-order chi connectivity index (χ1) is 9.58. The van der Waals surface area contributed by atoms with Crippen molar-refractivity contribution in [3.63, 3.8) is 0 Å². The Morgan fingerprint density at radius 3 is 2.75 bits per heavy atom. The number of carbonyl (C=O) groups excluding carboxylic acids is 1. The molecule has 0 fully saturated rings. The molecule has 108 valence electrons. The van der Waals surface area contributed by atoms with E-state index in [0.29, 0.717) is 18.0 Å². The zero-order chi connectivity index (χ0) is 14.6. The van der Waals surface area contributed by atoms with Crippen molar-refractivity contribution >= 4 is 27.3 Å². The van der Waals surface area contributed by atoms with Gasteiger partial charge in [-0.2, -0.15) is 0 Å². The summed E-state index contributed by atoms with van der Waals surface area (Å²) in [4.78, 5) is 12.9. The van der Waals surface area contributed by atoms with Crippen LogP contribution in [0.15, 0.2) is 30.3 Å². The predicted octanol–water partition coefficient (Wildman–Crippen LogP) is 2.68. The Kier molecular flexibility index (Phi) is 4.75. The monoisotopic (exact) mass is 293 g/mol. The average molecular weight is 293 g/mol. The molecule has 2 aromatic rings. The number of nitrogens with one attached hydrogen (secondary N) is 1. The van der Waals surface area contributed by atoms with Gasteiger partial charge >= 0.3 is 0 Å². The number of amides is 1. The normalized spacial score (nSPS) is 14.2. The number of thiophene rings is 1. The number of hydrogen-bond donors (Lipinski definition) is 1. The molecule has 1 amide bonds. The summed E-state index contributed by atoms with van der Waals surface area (Å²) in [6.07, 6.45) is 0. The van der Waals surface area contributed by atoms with Crippen LogP contribution in [0.2, 0.25) is 0 Å². The molecule has 1 aromatic carbocycles. The number of hydrogen-bond acceptors (Lipinski definition) is 4. The highest BCUT2D eigenvalue weighted by molar-refractivity contribution is 7.20. The van der Waals surface area contributed by atoms with Gasteiger partial charge in [0.1, 0.15) is 5.60 Å². The molecule has 20 heavy (non-hydrogen) atoms. The summed E-state index contributed by atoms with van der Waals surface area (Å²) in [5.74, 6) is -0.0782. The van der Waals surface area contributed by atoms with E-state index >= 15 is 0 Å². The van der Waals surface area contributed by atoms with Crippen LogP contribution in [0.4, 0.5) is 0 Å². The number of ether oxygens (including phenoxy) is 2. The van der Waals surface area contributed by atoms with E-state index in [0.717, 1.165) is 10.1 Å². The molecule has 4 nitrogen and oxygen atoms in total. The molecule has 0 spiro atoms. The fourth-order valence-electron chi connectivity index (χ4n) is 1.94. The first kappa shape index (κ1) is 15.0. The lowest BCUT2D eigenvalue weighted by Gasteiger charge is -2.27. The van der Waals surface area contributed by atoms with Crippen LogP contribution in [0.3, 0.4) is 0 Å². The molecule has 1 N–H and O–H groups in total. The lowest BCUT2D eigenvalue weighted by Crippen LogP contribution is -2.45. The highest BCUT2D eigenvalue weighted by Crippen LogP contribution is 2.25. The van der Waals surface area contributed by atoms with Crippen molar-refractivity contribution in [2.45, 2.75) is 12.5 Å². The lowest BCUT2D eigenvalue weighted by atomic mass is 10.1. The van der Waals surface area contributed by atoms with Crippen LogP contribution >= 0.6 is 11.3 Å². The molecular formula is C15H19NO3S. The SMILES string of the molecule is COC[C@@](C)(CNC(=O)c1cc2ccccc2s1)OC. The van der Waals surface area contributed by atoms with Crippen molar-refractivity contribution < 1.29 is 14.3 Å². The summed E-state index contributed by atoms with van der Waals surface area (Å²) < 4.78 is 11.6. The Balaban J connectivity index is 2.04. The first-order valence-electron chi connectivity index (χ1n) is 6.39. The molecule has 1 aromatic heterocycles. The molecule has 0 saturated heterocycles. The number of rotatable bonds is 6. The van der Waals surface area contributed by atoms with Gasteiger partial charge in [-0.3, -0.25) is 4.79 Å². The van der Waals surface area contributed by atoms with Crippen molar-refractivity contribution in [2.75, 3.05) is 27.4 Å². The van der Waals surface area contributed by atoms with Crippen molar-refractivity contribution in [3.05, 3.63) is 35.2 Å². The van der Waals surface area contributed by atoms with E-state index in [1.54, 1.807) is 14.2 Å². The third-order valence-electron chi connectivity index (χ3n) is 3.21. The van der Waals surface area contributed by atoms with Crippen LogP contribution in [-0.4, -0.2) is 38.9 Å². The van der Waals surface area contributed by atoms with E-state index in [2.05, 4.69) is 5.32 Å². The largest absolute Gasteiger partial charge is 0.382 e. The van der Waals surface area contributed by atoms with Gasteiger partial charge in [-0.15, -0.1) is 11.3 Å². The third-order valence-corrected chi connectivity index (χ3v) is 4.33. The molecule has 0 aliphatic carbocycles. The van der Waals surface area contributed by atoms with Gasteiger partial charge in [-0.05, 0) is 24.4 Å². The molecule has 0 radical (unpaired) electrons. The summed E-state index contributed by atoms with van der Waals surface area (Å²) in [5.41, 5.74) is -0.513. The summed E-state index contributed by atoms with van der Waals surface area (Å²) >= 11 is 1.49. The molecule has 2 rings (SSSR count). The Morgan fingerprint density at radius 2 is 2.10 bits per heavy atom. The Bertz CT molecular complexity index is 563. The molecule has 0 aliphatic rings. The fraction of sp³-hybridized carbons (Fsp3) is 0.400. The second-order valence-electron chi connectivity index (χ2n) is 4.92. The predicted molar refractivity (Wildman–Crippen MR) is 81.4 cm³/mol. The first-order valence-corrected chi connectivity index (χ1v) is 7.20. The zero-order valence-corrected chi connectivity index (χ0v) is 12.8. The zero-order valence-electron chi connectivity index (χ0n) is 11.9. The number of carbonyl (C=O) groups is 1. The molecular weight excluding hydrogens is 274 g/mol. The van der Waals surface area contributed by atoms with Gasteiger partial charge in [0, 0.05) is 25.5 Å². The summed E-state index contributed by atoms with van der Waals surface area (Å²) in [5, 5.41) is 3.99. The minimum Gasteiger partial charge on any atom is -0.382 e. The maximum Gasteiger partial charge on any atom is 0.261 e. The lowest BCUT2D eigenvalue weighted by molar-refractivity contribution is -0.0479. The van der Waals surface area contributed by atoms with Gasteiger partial charge in [-0.1, -0.05) is 18.2 Å². The maximum atomic E-state index is 12.2. The van der Waals surface area contributed by atoms with E-state index in [-0.39, 0.29) is 5.91 Å². The van der Waals surface area contributed by atoms with Crippen molar-refractivity contribution in [1.82, 2.24) is 5.32 Å². The van der Waals surface area contributed by atoms with E-state index in [1.165, 1.54) is 11.3 Å². The third kappa shape index (κ3) is 3.36. The van der Waals surface area contributed by atoms with Gasteiger partial charge in [0.2, 0.25) is 0 Å². The van der Waals surface area contributed by atoms with Gasteiger partial charge in [-0.25, -0.2) is 0 Å². The topological polar surface area (TPSA) is 47.6 Å². The van der Waals surface area contributed by atoms with Crippen LogP contribution in [0.5, 0.6) is 0 Å². The van der Waals surface area contributed by atoms with Crippen LogP contribution in [0.25, 0.3) is 10.1 Å². The summed E-state index contributed by atoms with van der Waals surface area (Å²) in [7, 11) is 3.23. The van der Waals surface area contributed by atoms with Gasteiger partial charge in [0.25, 0.3) is 5.91 Å². The van der Waals surface area contributed by atoms with Crippen molar-refractivity contribution in [3.8, 4) is 0 Å². The molecule has 5 heteroatoms. The second-order valence-corrected chi connectivity index (χ2v) is 6.00. The highest BCUT2D eigenvalue weighted by atomic mass is 32.1. The Labute approximate surface area is 122 Å². The highest BCUT2D eigenvalue weighted by Gasteiger charge is 2.24. The molecule has 0 saturated carbocycles. The minimum atomic E-state index is -0.513. The molecule has 0 bridgehead atoms. The Hall–Kier alpha value is -1.43. The van der Waals surface area contributed by atoms with E-state index in [4.69, 9.17) is 9.47 Å². The number of fused-ring (bicyclic) bond motifs is 1. The van der Waals surface area contributed by atoms with E-state index in [1.807, 2.05) is 37.3 Å². The molecule has 0 aliphatic heterocycles. The average Bonchev–Trinajstić information content (AvgIpc) is 2.89. The van der Waals surface area contributed by atoms with Crippen LogP contribution in [0.1, 0.15) is 16.6 Å². The van der Waals surface area contributed by atoms with Gasteiger partial charge < -0.3 is 14.8 Å². The summed E-state index contributed by atoms with van der Waals surface area (Å²) in [6, 6.07) is 9.88. The van der Waals surface area contributed by atoms with Gasteiger partial charge in [0.05, 0.1) is 11.5 Å². The molecule has 0 unspecified atom stereocenters. The fourth-order valence-corrected chi connectivity index (χ4v) is 2.91. The van der Waals surface area contributed by atoms with Crippen molar-refractivity contribution in [2.24, 2.45) is 0 Å². The maximum absolute atomic E-state index is 12.2. The molecule has 1 heterocycles. The Morgan fingerprint density at radius 1 is 1.35 bits per heavy atom. The quantitative estimate of drug-likeness (QED) is 0.891. The second kappa shape index (κ2) is 6.35. The summed E-state index contributed by atoms with van der Waals surface area (Å²) in [6.45, 7) is 2.74. The van der Waals surface area contributed by atoms with Gasteiger partial charge in [0.15, 0.2) is 0 Å². The smallest absolute Gasteiger partial charge is 0.261 e. The van der Waals surface area contributed by atoms with E-state index < -0.39 is 5.60 Å². The standard InChI is InChI=1S/C15H19NO3S/c1-15(19-3,10-18-2)9-16-14(17)13-8-11-6-4-5-7-12(11)20-13/h4-8H,9-10H2,1-3H3,(H,16,17)/t15-/m1/s1. The van der Waals surface area contributed by atoms with Crippen LogP contribution < -0.4 is 5.32 Å². The molecule has 1 atom stereocenters. The number of benzene rings is 1. The van der Waals surface area contributed by atoms with Crippen LogP contribution in [0, 0.1) is 0 Å². The minimum absolute atomic E-state index is 0.0782. The van der Waals surface area contributed by atoms with Crippen molar-refractivity contribution in [1.29, 1.82) is 0 Å². The van der Waals surface area contributed by atoms with Crippen LogP contribution in [-0.2, 0) is 9.47 Å². The number of methoxy groups -OCH3 is 2.